The van der Waals surface area contributed by atoms with Crippen molar-refractivity contribution in [3.8, 4) is 0 Å². The van der Waals surface area contributed by atoms with Crippen LogP contribution in [0.25, 0.3) is 0 Å². The summed E-state index contributed by atoms with van der Waals surface area (Å²) < 4.78 is 0. The summed E-state index contributed by atoms with van der Waals surface area (Å²) in [6.45, 7) is 2.09. The fourth-order valence-corrected chi connectivity index (χ4v) is 1.80. The predicted molar refractivity (Wildman–Crippen MR) is 51.3 cm³/mol. The minimum atomic E-state index is 0.670. The Kier molecular flexibility index (Phi) is 2.18. The summed E-state index contributed by atoms with van der Waals surface area (Å²) in [6, 6.07) is 6.40. The normalized spacial score (nSPS) is 15.7. The fourth-order valence-electron chi connectivity index (χ4n) is 1.80. The Morgan fingerprint density at radius 1 is 1.42 bits per heavy atom. The first-order valence-corrected chi connectivity index (χ1v) is 4.42. The first kappa shape index (κ1) is 7.87. The lowest BCUT2D eigenvalue weighted by molar-refractivity contribution is 0.640. The molecule has 2 rings (SSSR count). The Morgan fingerprint density at radius 3 is 3.17 bits per heavy atom. The molecule has 1 aromatic carbocycles. The number of rotatable bonds is 1. The minimum absolute atomic E-state index is 0.670. The first-order valence-electron chi connectivity index (χ1n) is 4.42. The zero-order valence-electron chi connectivity index (χ0n) is 7.14. The highest BCUT2D eigenvalue weighted by Crippen LogP contribution is 2.18. The predicted octanol–water partition coefficient (Wildman–Crippen LogP) is 1.00. The van der Waals surface area contributed by atoms with Crippen molar-refractivity contribution in [1.82, 2.24) is 5.32 Å². The molecule has 0 amide bonds. The van der Waals surface area contributed by atoms with Crippen molar-refractivity contribution >= 4 is 7.85 Å². The highest BCUT2D eigenvalue weighted by Gasteiger charge is 2.10. The van der Waals surface area contributed by atoms with Crippen LogP contribution < -0.4 is 5.32 Å². The molecular weight excluding hydrogens is 145 g/mol. The van der Waals surface area contributed by atoms with E-state index in [1.54, 1.807) is 0 Å². The molecule has 1 aliphatic rings. The van der Waals surface area contributed by atoms with E-state index in [9.17, 15) is 0 Å². The summed E-state index contributed by atoms with van der Waals surface area (Å²) in [6.07, 6.45) is 1.80. The van der Waals surface area contributed by atoms with E-state index in [1.165, 1.54) is 16.7 Å². The Bertz CT molecular complexity index is 269. The van der Waals surface area contributed by atoms with Crippen LogP contribution >= 0.6 is 0 Å². The molecule has 60 valence electrons. The summed E-state index contributed by atoms with van der Waals surface area (Å²) >= 11 is 0. The van der Waals surface area contributed by atoms with Crippen LogP contribution in [0.15, 0.2) is 18.2 Å². The van der Waals surface area contributed by atoms with E-state index < -0.39 is 0 Å². The summed E-state index contributed by atoms with van der Waals surface area (Å²) in [5.41, 5.74) is 4.21. The fraction of sp³-hybridized carbons (Fsp3) is 0.400. The van der Waals surface area contributed by atoms with Crippen LogP contribution in [0.2, 0.25) is 0 Å². The molecule has 0 fully saturated rings. The second-order valence-corrected chi connectivity index (χ2v) is 3.19. The van der Waals surface area contributed by atoms with E-state index in [-0.39, 0.29) is 0 Å². The van der Waals surface area contributed by atoms with Crippen LogP contribution in [-0.2, 0) is 19.3 Å². The van der Waals surface area contributed by atoms with Crippen molar-refractivity contribution in [2.75, 3.05) is 6.54 Å². The number of benzene rings is 1. The van der Waals surface area contributed by atoms with Gasteiger partial charge in [-0.05, 0) is 24.1 Å². The number of nitrogens with one attached hydrogen (secondary N) is 1. The monoisotopic (exact) mass is 157 g/mol. The molecule has 1 N–H and O–H groups in total. The third-order valence-electron chi connectivity index (χ3n) is 2.46. The van der Waals surface area contributed by atoms with Gasteiger partial charge in [-0.1, -0.05) is 30.1 Å². The molecule has 1 aliphatic heterocycles. The third kappa shape index (κ3) is 1.27. The van der Waals surface area contributed by atoms with Crippen molar-refractivity contribution in [2.24, 2.45) is 0 Å². The Balaban J connectivity index is 2.44. The topological polar surface area (TPSA) is 12.0 Å². The van der Waals surface area contributed by atoms with E-state index in [0.717, 1.165) is 19.5 Å². The molecule has 0 aromatic heterocycles. The van der Waals surface area contributed by atoms with Gasteiger partial charge in [-0.25, -0.2) is 0 Å². The molecule has 0 spiro atoms. The van der Waals surface area contributed by atoms with Gasteiger partial charge in [0.1, 0.15) is 0 Å². The van der Waals surface area contributed by atoms with Crippen LogP contribution in [0.4, 0.5) is 0 Å². The standard InChI is InChI=1S/C10H12BN/c11-6-8-2-1-3-9-7-12-5-4-10(8)9/h1-3,12H,4-7H2. The van der Waals surface area contributed by atoms with Crippen LogP contribution in [0, 0.1) is 0 Å². The van der Waals surface area contributed by atoms with Crippen molar-refractivity contribution < 1.29 is 0 Å². The molecule has 0 atom stereocenters. The van der Waals surface area contributed by atoms with Gasteiger partial charge in [-0.2, -0.15) is 0 Å². The lowest BCUT2D eigenvalue weighted by Crippen LogP contribution is -2.24. The van der Waals surface area contributed by atoms with Gasteiger partial charge in [0.15, 0.2) is 0 Å². The molecule has 0 aliphatic carbocycles. The average molecular weight is 157 g/mol. The lowest BCUT2D eigenvalue weighted by atomic mass is 9.88. The maximum Gasteiger partial charge on any atom is 0.0716 e. The highest BCUT2D eigenvalue weighted by atomic mass is 14.9. The number of hydrogen-bond acceptors (Lipinski definition) is 1. The van der Waals surface area contributed by atoms with E-state index in [1.807, 2.05) is 0 Å². The van der Waals surface area contributed by atoms with E-state index >= 15 is 0 Å². The Labute approximate surface area is 74.6 Å². The molecule has 1 nitrogen and oxygen atoms in total. The average Bonchev–Trinajstić information content (AvgIpc) is 2.17. The molecule has 12 heavy (non-hydrogen) atoms. The van der Waals surface area contributed by atoms with Gasteiger partial charge in [-0.3, -0.25) is 0 Å². The SMILES string of the molecule is [B]Cc1cccc2c1CCNC2. The van der Waals surface area contributed by atoms with Crippen molar-refractivity contribution in [2.45, 2.75) is 19.3 Å². The van der Waals surface area contributed by atoms with Gasteiger partial charge < -0.3 is 5.32 Å². The summed E-state index contributed by atoms with van der Waals surface area (Å²) in [4.78, 5) is 0. The zero-order valence-corrected chi connectivity index (χ0v) is 7.14. The lowest BCUT2D eigenvalue weighted by Gasteiger charge is -2.19. The third-order valence-corrected chi connectivity index (χ3v) is 2.46. The van der Waals surface area contributed by atoms with Gasteiger partial charge in [0, 0.05) is 6.54 Å². The van der Waals surface area contributed by atoms with E-state index in [0.29, 0.717) is 6.32 Å². The van der Waals surface area contributed by atoms with Crippen LogP contribution in [0.1, 0.15) is 16.7 Å². The molecule has 1 aromatic rings. The van der Waals surface area contributed by atoms with Gasteiger partial charge in [0.2, 0.25) is 0 Å². The van der Waals surface area contributed by atoms with E-state index in [4.69, 9.17) is 7.85 Å². The summed E-state index contributed by atoms with van der Waals surface area (Å²) in [5, 5.41) is 3.35. The van der Waals surface area contributed by atoms with Gasteiger partial charge >= 0.3 is 0 Å². The molecule has 0 unspecified atom stereocenters. The zero-order chi connectivity index (χ0) is 8.39. The van der Waals surface area contributed by atoms with Crippen molar-refractivity contribution in [3.05, 3.63) is 34.9 Å². The minimum Gasteiger partial charge on any atom is -0.312 e. The van der Waals surface area contributed by atoms with E-state index in [2.05, 4.69) is 23.5 Å². The van der Waals surface area contributed by atoms with Crippen LogP contribution in [-0.4, -0.2) is 14.4 Å². The number of fused-ring (bicyclic) bond motifs is 1. The Hall–Kier alpha value is -0.755. The second-order valence-electron chi connectivity index (χ2n) is 3.19. The maximum absolute atomic E-state index is 5.65. The molecule has 1 heterocycles. The Morgan fingerprint density at radius 2 is 2.33 bits per heavy atom. The summed E-state index contributed by atoms with van der Waals surface area (Å²) in [7, 11) is 5.65. The maximum atomic E-state index is 5.65. The second kappa shape index (κ2) is 3.32. The molecular formula is C10H12BN. The largest absolute Gasteiger partial charge is 0.312 e. The first-order chi connectivity index (χ1) is 5.92. The van der Waals surface area contributed by atoms with Crippen LogP contribution in [0.3, 0.4) is 0 Å². The molecule has 2 heteroatoms. The van der Waals surface area contributed by atoms with Gasteiger partial charge in [-0.15, -0.1) is 0 Å². The van der Waals surface area contributed by atoms with Gasteiger partial charge in [0.05, 0.1) is 7.85 Å². The molecule has 0 bridgehead atoms. The van der Waals surface area contributed by atoms with Gasteiger partial charge in [0.25, 0.3) is 0 Å². The number of hydrogen-bond donors (Lipinski definition) is 1. The quantitative estimate of drug-likeness (QED) is 0.599. The smallest absolute Gasteiger partial charge is 0.0716 e. The highest BCUT2D eigenvalue weighted by molar-refractivity contribution is 6.08. The molecule has 2 radical (unpaired) electrons. The van der Waals surface area contributed by atoms with Crippen LogP contribution in [0.5, 0.6) is 0 Å². The van der Waals surface area contributed by atoms with Crippen molar-refractivity contribution in [3.63, 3.8) is 0 Å². The molecule has 0 saturated carbocycles. The molecule has 0 saturated heterocycles. The summed E-state index contributed by atoms with van der Waals surface area (Å²) in [5.74, 6) is 0. The van der Waals surface area contributed by atoms with Crippen molar-refractivity contribution in [1.29, 1.82) is 0 Å².